The van der Waals surface area contributed by atoms with Crippen LogP contribution in [0.25, 0.3) is 0 Å². The molecule has 92 valence electrons. The number of nitrogens with one attached hydrogen (secondary N) is 2. The van der Waals surface area contributed by atoms with Crippen molar-refractivity contribution in [1.82, 2.24) is 10.6 Å². The van der Waals surface area contributed by atoms with Crippen LogP contribution in [0.15, 0.2) is 24.3 Å². The van der Waals surface area contributed by atoms with Crippen LogP contribution in [0.3, 0.4) is 0 Å². The minimum absolute atomic E-state index is 0.00533. The molecule has 2 atom stereocenters. The van der Waals surface area contributed by atoms with Gasteiger partial charge in [-0.1, -0.05) is 18.2 Å². The van der Waals surface area contributed by atoms with E-state index in [0.29, 0.717) is 5.56 Å². The number of carbonyl (C=O) groups is 1. The summed E-state index contributed by atoms with van der Waals surface area (Å²) in [5.41, 5.74) is 0.534. The predicted molar refractivity (Wildman–Crippen MR) is 63.9 cm³/mol. The van der Waals surface area contributed by atoms with Crippen LogP contribution in [0.2, 0.25) is 0 Å². The highest BCUT2D eigenvalue weighted by Crippen LogP contribution is 2.17. The highest BCUT2D eigenvalue weighted by atomic mass is 19.1. The maximum atomic E-state index is 13.5. The summed E-state index contributed by atoms with van der Waals surface area (Å²) in [6.45, 7) is 3.40. The summed E-state index contributed by atoms with van der Waals surface area (Å²) >= 11 is 0. The average Bonchev–Trinajstić information content (AvgIpc) is 2.82. The minimum atomic E-state index is -0.288. The number of halogens is 1. The molecule has 1 heterocycles. The first-order valence-corrected chi connectivity index (χ1v) is 5.94. The second-order valence-corrected chi connectivity index (χ2v) is 4.44. The van der Waals surface area contributed by atoms with E-state index in [2.05, 4.69) is 10.6 Å². The number of hydrogen-bond acceptors (Lipinski definition) is 2. The van der Waals surface area contributed by atoms with Gasteiger partial charge in [-0.2, -0.15) is 0 Å². The first kappa shape index (κ1) is 12.0. The van der Waals surface area contributed by atoms with Crippen LogP contribution in [-0.2, 0) is 4.79 Å². The van der Waals surface area contributed by atoms with Crippen LogP contribution in [0.5, 0.6) is 0 Å². The van der Waals surface area contributed by atoms with Crippen LogP contribution in [0, 0.1) is 11.7 Å². The van der Waals surface area contributed by atoms with E-state index in [1.165, 1.54) is 6.07 Å². The lowest BCUT2D eigenvalue weighted by atomic mass is 10.0. The van der Waals surface area contributed by atoms with Crippen LogP contribution < -0.4 is 10.6 Å². The molecule has 3 nitrogen and oxygen atoms in total. The molecule has 0 bridgehead atoms. The van der Waals surface area contributed by atoms with Gasteiger partial charge < -0.3 is 10.6 Å². The molecule has 2 N–H and O–H groups in total. The highest BCUT2D eigenvalue weighted by Gasteiger charge is 2.24. The zero-order valence-electron chi connectivity index (χ0n) is 9.87. The van der Waals surface area contributed by atoms with Crippen molar-refractivity contribution in [3.63, 3.8) is 0 Å². The molecule has 1 aromatic rings. The fourth-order valence-electron chi connectivity index (χ4n) is 2.11. The van der Waals surface area contributed by atoms with E-state index in [1.54, 1.807) is 25.1 Å². The molecule has 1 aliphatic heterocycles. The number of rotatable bonds is 3. The third-order valence-electron chi connectivity index (χ3n) is 3.16. The van der Waals surface area contributed by atoms with Crippen LogP contribution in [0.1, 0.15) is 24.9 Å². The zero-order valence-corrected chi connectivity index (χ0v) is 9.87. The molecule has 1 fully saturated rings. The Balaban J connectivity index is 1.99. The van der Waals surface area contributed by atoms with Gasteiger partial charge in [-0.05, 0) is 26.0 Å². The molecule has 17 heavy (non-hydrogen) atoms. The van der Waals surface area contributed by atoms with Gasteiger partial charge in [0, 0.05) is 12.1 Å². The van der Waals surface area contributed by atoms with Crippen molar-refractivity contribution in [3.05, 3.63) is 35.6 Å². The third kappa shape index (κ3) is 2.82. The highest BCUT2D eigenvalue weighted by molar-refractivity contribution is 5.79. The third-order valence-corrected chi connectivity index (χ3v) is 3.16. The molecule has 0 aliphatic carbocycles. The van der Waals surface area contributed by atoms with Crippen molar-refractivity contribution < 1.29 is 9.18 Å². The largest absolute Gasteiger partial charge is 0.349 e. The Morgan fingerprint density at radius 3 is 2.94 bits per heavy atom. The Morgan fingerprint density at radius 2 is 2.29 bits per heavy atom. The molecule has 2 rings (SSSR count). The van der Waals surface area contributed by atoms with Crippen LogP contribution in [0.4, 0.5) is 4.39 Å². The van der Waals surface area contributed by atoms with E-state index < -0.39 is 0 Å². The molecule has 0 radical (unpaired) electrons. The predicted octanol–water partition coefficient (Wildman–Crippen LogP) is 1.61. The Bertz CT molecular complexity index is 402. The zero-order chi connectivity index (χ0) is 12.3. The molecule has 1 saturated heterocycles. The summed E-state index contributed by atoms with van der Waals surface area (Å²) in [7, 11) is 0. The van der Waals surface area contributed by atoms with Gasteiger partial charge in [0.15, 0.2) is 0 Å². The lowest BCUT2D eigenvalue weighted by Crippen LogP contribution is -2.34. The summed E-state index contributed by atoms with van der Waals surface area (Å²) in [6.07, 6.45) is 0.857. The molecule has 1 aromatic carbocycles. The van der Waals surface area contributed by atoms with Gasteiger partial charge in [0.2, 0.25) is 5.91 Å². The van der Waals surface area contributed by atoms with Crippen LogP contribution >= 0.6 is 0 Å². The fraction of sp³-hybridized carbons (Fsp3) is 0.462. The molecular weight excluding hydrogens is 219 g/mol. The summed E-state index contributed by atoms with van der Waals surface area (Å²) < 4.78 is 13.5. The lowest BCUT2D eigenvalue weighted by Gasteiger charge is -2.17. The molecule has 2 unspecified atom stereocenters. The van der Waals surface area contributed by atoms with Gasteiger partial charge in [0.05, 0.1) is 12.0 Å². The lowest BCUT2D eigenvalue weighted by molar-refractivity contribution is -0.125. The van der Waals surface area contributed by atoms with E-state index in [1.807, 2.05) is 0 Å². The van der Waals surface area contributed by atoms with Crippen molar-refractivity contribution in [2.75, 3.05) is 13.1 Å². The maximum absolute atomic E-state index is 13.5. The van der Waals surface area contributed by atoms with E-state index in [9.17, 15) is 9.18 Å². The van der Waals surface area contributed by atoms with Crippen molar-refractivity contribution in [3.8, 4) is 0 Å². The number of benzene rings is 1. The molecule has 1 aliphatic rings. The number of hydrogen-bond donors (Lipinski definition) is 2. The van der Waals surface area contributed by atoms with E-state index in [-0.39, 0.29) is 23.7 Å². The molecule has 4 heteroatoms. The van der Waals surface area contributed by atoms with E-state index in [0.717, 1.165) is 19.5 Å². The second kappa shape index (κ2) is 5.27. The van der Waals surface area contributed by atoms with Crippen molar-refractivity contribution in [1.29, 1.82) is 0 Å². The maximum Gasteiger partial charge on any atom is 0.224 e. The smallest absolute Gasteiger partial charge is 0.224 e. The summed E-state index contributed by atoms with van der Waals surface area (Å²) in [6, 6.07) is 6.25. The van der Waals surface area contributed by atoms with Gasteiger partial charge in [0.1, 0.15) is 5.82 Å². The Kier molecular flexibility index (Phi) is 3.74. The number of carbonyl (C=O) groups excluding carboxylic acids is 1. The summed E-state index contributed by atoms with van der Waals surface area (Å²) in [4.78, 5) is 11.9. The molecule has 0 spiro atoms. The van der Waals surface area contributed by atoms with Gasteiger partial charge >= 0.3 is 0 Å². The normalized spacial score (nSPS) is 21.2. The Morgan fingerprint density at radius 1 is 1.53 bits per heavy atom. The van der Waals surface area contributed by atoms with Gasteiger partial charge in [-0.15, -0.1) is 0 Å². The first-order valence-electron chi connectivity index (χ1n) is 5.94. The van der Waals surface area contributed by atoms with Crippen molar-refractivity contribution >= 4 is 5.91 Å². The monoisotopic (exact) mass is 236 g/mol. The van der Waals surface area contributed by atoms with Crippen LogP contribution in [-0.4, -0.2) is 19.0 Å². The van der Waals surface area contributed by atoms with Gasteiger partial charge in [-0.25, -0.2) is 4.39 Å². The molecule has 0 saturated carbocycles. The first-order chi connectivity index (χ1) is 8.18. The minimum Gasteiger partial charge on any atom is -0.349 e. The molecular formula is C13H17FN2O. The topological polar surface area (TPSA) is 41.1 Å². The standard InChI is InChI=1S/C13H17FN2O/c1-9(11-4-2-3-5-12(11)14)16-13(17)10-6-7-15-8-10/h2-5,9-10,15H,6-8H2,1H3,(H,16,17). The van der Waals surface area contributed by atoms with Gasteiger partial charge in [-0.3, -0.25) is 4.79 Å². The number of amides is 1. The average molecular weight is 236 g/mol. The van der Waals surface area contributed by atoms with E-state index in [4.69, 9.17) is 0 Å². The van der Waals surface area contributed by atoms with E-state index >= 15 is 0 Å². The van der Waals surface area contributed by atoms with Gasteiger partial charge in [0.25, 0.3) is 0 Å². The van der Waals surface area contributed by atoms with Crippen molar-refractivity contribution in [2.24, 2.45) is 5.92 Å². The van der Waals surface area contributed by atoms with Crippen molar-refractivity contribution in [2.45, 2.75) is 19.4 Å². The summed E-state index contributed by atoms with van der Waals surface area (Å²) in [5.74, 6) is -0.250. The summed E-state index contributed by atoms with van der Waals surface area (Å²) in [5, 5.41) is 6.00. The Hall–Kier alpha value is -1.42. The Labute approximate surface area is 100 Å². The SMILES string of the molecule is CC(NC(=O)C1CCNC1)c1ccccc1F. The second-order valence-electron chi connectivity index (χ2n) is 4.44. The fourth-order valence-corrected chi connectivity index (χ4v) is 2.11. The molecule has 1 amide bonds. The quantitative estimate of drug-likeness (QED) is 0.837. The molecule has 0 aromatic heterocycles.